The first-order valence-electron chi connectivity index (χ1n) is 9.79. The fraction of sp³-hybridized carbons (Fsp3) is 0.318. The molecule has 1 atom stereocenters. The van der Waals surface area contributed by atoms with Gasteiger partial charge in [0.1, 0.15) is 11.6 Å². The maximum absolute atomic E-state index is 13.8. The van der Waals surface area contributed by atoms with Crippen LogP contribution in [-0.2, 0) is 11.2 Å². The van der Waals surface area contributed by atoms with Crippen molar-refractivity contribution in [1.29, 1.82) is 0 Å². The monoisotopic (exact) mass is 447 g/mol. The summed E-state index contributed by atoms with van der Waals surface area (Å²) >= 11 is 11.9. The largest absolute Gasteiger partial charge is 0.350 e. The fourth-order valence-corrected chi connectivity index (χ4v) is 4.11. The first-order chi connectivity index (χ1) is 14.3. The molecule has 3 aromatic rings. The maximum atomic E-state index is 13.8. The van der Waals surface area contributed by atoms with Crippen molar-refractivity contribution >= 4 is 40.0 Å². The SMILES string of the molecule is CC(NC(=O)CCc1nc2ccccc2c(=O)n1C1CC1)c1cc(F)c(Cl)cc1Cl. The highest BCUT2D eigenvalue weighted by molar-refractivity contribution is 6.35. The first-order valence-corrected chi connectivity index (χ1v) is 10.5. The summed E-state index contributed by atoms with van der Waals surface area (Å²) in [7, 11) is 0. The lowest BCUT2D eigenvalue weighted by atomic mass is 10.1. The van der Waals surface area contributed by atoms with Crippen molar-refractivity contribution in [2.45, 2.75) is 44.7 Å². The van der Waals surface area contributed by atoms with Gasteiger partial charge in [-0.3, -0.25) is 14.2 Å². The van der Waals surface area contributed by atoms with Crippen molar-refractivity contribution < 1.29 is 9.18 Å². The molecule has 30 heavy (non-hydrogen) atoms. The zero-order valence-corrected chi connectivity index (χ0v) is 17.8. The highest BCUT2D eigenvalue weighted by Crippen LogP contribution is 2.35. The van der Waals surface area contributed by atoms with Crippen LogP contribution in [0.2, 0.25) is 10.0 Å². The molecule has 156 valence electrons. The number of aryl methyl sites for hydroxylation is 1. The van der Waals surface area contributed by atoms with Gasteiger partial charge in [-0.1, -0.05) is 35.3 Å². The van der Waals surface area contributed by atoms with Gasteiger partial charge in [-0.2, -0.15) is 0 Å². The summed E-state index contributed by atoms with van der Waals surface area (Å²) < 4.78 is 15.5. The molecule has 1 aromatic heterocycles. The number of nitrogens with one attached hydrogen (secondary N) is 1. The van der Waals surface area contributed by atoms with Gasteiger partial charge in [-0.25, -0.2) is 9.37 Å². The van der Waals surface area contributed by atoms with Gasteiger partial charge in [0, 0.05) is 23.9 Å². The second kappa shape index (κ2) is 8.36. The summed E-state index contributed by atoms with van der Waals surface area (Å²) in [6, 6.07) is 9.45. The Balaban J connectivity index is 1.50. The summed E-state index contributed by atoms with van der Waals surface area (Å²) in [5, 5.41) is 3.63. The van der Waals surface area contributed by atoms with Crippen LogP contribution >= 0.6 is 23.2 Å². The molecule has 0 spiro atoms. The zero-order chi connectivity index (χ0) is 21.4. The fourth-order valence-electron chi connectivity index (χ4n) is 3.56. The molecule has 1 aliphatic carbocycles. The molecule has 1 fully saturated rings. The number of fused-ring (bicyclic) bond motifs is 1. The van der Waals surface area contributed by atoms with Crippen LogP contribution < -0.4 is 10.9 Å². The van der Waals surface area contributed by atoms with E-state index in [1.54, 1.807) is 23.6 Å². The second-order valence-corrected chi connectivity index (χ2v) is 8.34. The van der Waals surface area contributed by atoms with E-state index in [0.717, 1.165) is 12.8 Å². The Morgan fingerprint density at radius 2 is 2.00 bits per heavy atom. The summed E-state index contributed by atoms with van der Waals surface area (Å²) in [6.07, 6.45) is 2.36. The first kappa shape index (κ1) is 20.8. The van der Waals surface area contributed by atoms with Crippen LogP contribution in [0.1, 0.15) is 49.7 Å². The van der Waals surface area contributed by atoms with Crippen LogP contribution in [-0.4, -0.2) is 15.5 Å². The molecule has 1 amide bonds. The number of amides is 1. The predicted octanol–water partition coefficient (Wildman–Crippen LogP) is 4.99. The Labute approximate surface area is 182 Å². The van der Waals surface area contributed by atoms with Crippen LogP contribution in [0.15, 0.2) is 41.2 Å². The Hall–Kier alpha value is -2.44. The minimum Gasteiger partial charge on any atom is -0.350 e. The minimum atomic E-state index is -0.592. The van der Waals surface area contributed by atoms with Crippen LogP contribution in [0.4, 0.5) is 4.39 Å². The van der Waals surface area contributed by atoms with E-state index in [0.29, 0.717) is 28.7 Å². The third-order valence-corrected chi connectivity index (χ3v) is 5.87. The van der Waals surface area contributed by atoms with Gasteiger partial charge in [0.2, 0.25) is 5.91 Å². The van der Waals surface area contributed by atoms with E-state index < -0.39 is 11.9 Å². The third-order valence-electron chi connectivity index (χ3n) is 5.25. The zero-order valence-electron chi connectivity index (χ0n) is 16.3. The van der Waals surface area contributed by atoms with E-state index in [-0.39, 0.29) is 34.0 Å². The summed E-state index contributed by atoms with van der Waals surface area (Å²) in [4.78, 5) is 30.1. The maximum Gasteiger partial charge on any atom is 0.261 e. The molecule has 1 N–H and O–H groups in total. The molecule has 1 saturated carbocycles. The van der Waals surface area contributed by atoms with Gasteiger partial charge in [-0.15, -0.1) is 0 Å². The Bertz CT molecular complexity index is 1190. The molecule has 5 nitrogen and oxygen atoms in total. The molecular weight excluding hydrogens is 428 g/mol. The van der Waals surface area contributed by atoms with Crippen molar-refractivity contribution in [3.05, 3.63) is 74.0 Å². The molecule has 1 heterocycles. The number of nitrogens with zero attached hydrogens (tertiary/aromatic N) is 2. The highest BCUT2D eigenvalue weighted by atomic mass is 35.5. The lowest BCUT2D eigenvalue weighted by Crippen LogP contribution is -2.29. The van der Waals surface area contributed by atoms with Gasteiger partial charge >= 0.3 is 0 Å². The number of rotatable bonds is 6. The lowest BCUT2D eigenvalue weighted by molar-refractivity contribution is -0.121. The number of hydrogen-bond acceptors (Lipinski definition) is 3. The minimum absolute atomic E-state index is 0.0599. The van der Waals surface area contributed by atoms with Crippen molar-refractivity contribution in [3.63, 3.8) is 0 Å². The van der Waals surface area contributed by atoms with Crippen LogP contribution in [0, 0.1) is 5.82 Å². The summed E-state index contributed by atoms with van der Waals surface area (Å²) in [5.41, 5.74) is 1.02. The van der Waals surface area contributed by atoms with E-state index in [1.807, 2.05) is 12.1 Å². The van der Waals surface area contributed by atoms with E-state index in [9.17, 15) is 14.0 Å². The van der Waals surface area contributed by atoms with Crippen molar-refractivity contribution in [1.82, 2.24) is 14.9 Å². The number of hydrogen-bond donors (Lipinski definition) is 1. The number of halogens is 3. The van der Waals surface area contributed by atoms with Crippen molar-refractivity contribution in [2.75, 3.05) is 0 Å². The quantitative estimate of drug-likeness (QED) is 0.541. The Morgan fingerprint density at radius 3 is 2.73 bits per heavy atom. The standard InChI is InChI=1S/C22H20Cl2FN3O2/c1-12(15-10-18(25)17(24)11-16(15)23)26-21(29)9-8-20-27-19-5-3-2-4-14(19)22(30)28(20)13-6-7-13/h2-5,10-13H,6-9H2,1H3,(H,26,29). The molecule has 1 unspecified atom stereocenters. The average Bonchev–Trinajstić information content (AvgIpc) is 3.54. The van der Waals surface area contributed by atoms with Crippen LogP contribution in [0.3, 0.4) is 0 Å². The molecular formula is C22H20Cl2FN3O2. The van der Waals surface area contributed by atoms with Gasteiger partial charge < -0.3 is 5.32 Å². The Morgan fingerprint density at radius 1 is 1.27 bits per heavy atom. The predicted molar refractivity (Wildman–Crippen MR) is 116 cm³/mol. The molecule has 0 saturated heterocycles. The number of aromatic nitrogens is 2. The molecule has 8 heteroatoms. The Kier molecular flexibility index (Phi) is 5.80. The smallest absolute Gasteiger partial charge is 0.261 e. The number of benzene rings is 2. The van der Waals surface area contributed by atoms with Crippen LogP contribution in [0.5, 0.6) is 0 Å². The molecule has 0 radical (unpaired) electrons. The lowest BCUT2D eigenvalue weighted by Gasteiger charge is -2.17. The van der Waals surface area contributed by atoms with Gasteiger partial charge in [0.05, 0.1) is 22.0 Å². The van der Waals surface area contributed by atoms with Gasteiger partial charge in [0.25, 0.3) is 5.56 Å². The third kappa shape index (κ3) is 4.20. The van der Waals surface area contributed by atoms with Crippen molar-refractivity contribution in [2.24, 2.45) is 0 Å². The number of carbonyl (C=O) groups excluding carboxylic acids is 1. The number of para-hydroxylation sites is 1. The van der Waals surface area contributed by atoms with Crippen LogP contribution in [0.25, 0.3) is 10.9 Å². The molecule has 4 rings (SSSR count). The van der Waals surface area contributed by atoms with Crippen molar-refractivity contribution in [3.8, 4) is 0 Å². The molecule has 2 aromatic carbocycles. The van der Waals surface area contributed by atoms with Gasteiger partial charge in [0.15, 0.2) is 0 Å². The van der Waals surface area contributed by atoms with E-state index >= 15 is 0 Å². The van der Waals surface area contributed by atoms with E-state index in [2.05, 4.69) is 10.3 Å². The molecule has 0 aliphatic heterocycles. The average molecular weight is 448 g/mol. The highest BCUT2D eigenvalue weighted by Gasteiger charge is 2.28. The molecule has 0 bridgehead atoms. The topological polar surface area (TPSA) is 64.0 Å². The van der Waals surface area contributed by atoms with Gasteiger partial charge in [-0.05, 0) is 49.6 Å². The van der Waals surface area contributed by atoms with E-state index in [1.165, 1.54) is 12.1 Å². The normalized spacial score (nSPS) is 14.7. The summed E-state index contributed by atoms with van der Waals surface area (Å²) in [6.45, 7) is 1.72. The second-order valence-electron chi connectivity index (χ2n) is 7.53. The number of carbonyl (C=O) groups is 1. The molecule has 1 aliphatic rings. The summed E-state index contributed by atoms with van der Waals surface area (Å²) in [5.74, 6) is -0.218. The van der Waals surface area contributed by atoms with E-state index in [4.69, 9.17) is 23.2 Å².